The maximum atomic E-state index is 2.49. The molecule has 0 nitrogen and oxygen atoms in total. The lowest BCUT2D eigenvalue weighted by molar-refractivity contribution is 1.30. The third-order valence-corrected chi connectivity index (χ3v) is 16.0. The average Bonchev–Trinajstić information content (AvgIpc) is 3.90. The Balaban J connectivity index is 1.04. The second kappa shape index (κ2) is 12.7. The molecular weight excluding hydrogens is 773 g/mol. The van der Waals surface area contributed by atoms with Gasteiger partial charge in [0.1, 0.15) is 0 Å². The minimum absolute atomic E-state index is 0.977. The van der Waals surface area contributed by atoms with Gasteiger partial charge in [0.2, 0.25) is 0 Å². The predicted octanol–water partition coefficient (Wildman–Crippen LogP) is 17.8. The van der Waals surface area contributed by atoms with Gasteiger partial charge in [0, 0.05) is 56.7 Å². The zero-order valence-corrected chi connectivity index (χ0v) is 34.6. The minimum Gasteiger partial charge on any atom is -0.134 e. The van der Waals surface area contributed by atoms with Crippen LogP contribution in [-0.2, 0) is 6.42 Å². The fourth-order valence-corrected chi connectivity index (χ4v) is 13.4. The van der Waals surface area contributed by atoms with Gasteiger partial charge in [-0.2, -0.15) is 0 Å². The highest BCUT2D eigenvalue weighted by Crippen LogP contribution is 2.50. The first-order valence-electron chi connectivity index (χ1n) is 21.1. The maximum absolute atomic E-state index is 2.49. The summed E-state index contributed by atoms with van der Waals surface area (Å²) in [5.74, 6) is 0. The van der Waals surface area contributed by atoms with E-state index in [1.54, 1.807) is 0 Å². The fourth-order valence-electron chi connectivity index (χ4n) is 10.7. The molecule has 1 aliphatic carbocycles. The zero-order valence-electron chi connectivity index (χ0n) is 33.0. The predicted molar refractivity (Wildman–Crippen MR) is 269 cm³/mol. The molecule has 0 saturated heterocycles. The van der Waals surface area contributed by atoms with Gasteiger partial charge < -0.3 is 0 Å². The summed E-state index contributed by atoms with van der Waals surface area (Å²) in [4.78, 5) is 0. The van der Waals surface area contributed by atoms with Crippen molar-refractivity contribution in [1.29, 1.82) is 0 Å². The maximum Gasteiger partial charge on any atom is 0.0440 e. The van der Waals surface area contributed by atoms with Gasteiger partial charge in [-0.3, -0.25) is 0 Å². The highest BCUT2D eigenvalue weighted by Gasteiger charge is 2.21. The highest BCUT2D eigenvalue weighted by atomic mass is 32.1. The average molecular weight is 807 g/mol. The number of fused-ring (bicyclic) bond motifs is 15. The normalized spacial score (nSPS) is 12.8. The van der Waals surface area contributed by atoms with E-state index in [2.05, 4.69) is 194 Å². The Morgan fingerprint density at radius 1 is 0.311 bits per heavy atom. The van der Waals surface area contributed by atoms with E-state index in [0.717, 1.165) is 6.42 Å². The largest absolute Gasteiger partial charge is 0.134 e. The number of hydrogen-bond donors (Lipinski definition) is 0. The third-order valence-electron chi connectivity index (χ3n) is 13.4. The van der Waals surface area contributed by atoms with Gasteiger partial charge >= 0.3 is 0 Å². The first-order chi connectivity index (χ1) is 30.2. The van der Waals surface area contributed by atoms with E-state index in [9.17, 15) is 0 Å². The van der Waals surface area contributed by atoms with E-state index in [0.29, 0.717) is 0 Å². The summed E-state index contributed by atoms with van der Waals surface area (Å²) in [6.45, 7) is 0. The molecule has 61 heavy (non-hydrogen) atoms. The van der Waals surface area contributed by atoms with Crippen LogP contribution in [-0.4, -0.2) is 0 Å². The molecule has 11 aromatic carbocycles. The highest BCUT2D eigenvalue weighted by molar-refractivity contribution is 7.28. The molecule has 0 N–H and O–H groups in total. The third kappa shape index (κ3) is 4.80. The van der Waals surface area contributed by atoms with Crippen LogP contribution in [0.3, 0.4) is 0 Å². The second-order valence-corrected chi connectivity index (χ2v) is 18.7. The Bertz CT molecular complexity index is 4060. The van der Waals surface area contributed by atoms with E-state index in [-0.39, 0.29) is 0 Å². The van der Waals surface area contributed by atoms with Crippen molar-refractivity contribution in [3.8, 4) is 33.4 Å². The van der Waals surface area contributed by atoms with Crippen LogP contribution in [0.1, 0.15) is 11.1 Å². The molecule has 0 aliphatic heterocycles. The molecule has 2 aromatic heterocycles. The molecule has 282 valence electrons. The standard InChI is InChI=1S/C59H34S2/c1-2-11-34(12-3-1)37-25-27-44-51-32-38(41-19-9-22-47-48-23-10-21-46(57(48)60-56(41)47)42-20-7-14-35-13-4-5-18-40(35)42)26-28-43(51)45-29-30-49-53-33-39-17-6-15-36-16-8-24-50(54(36)39)58(53)61-59(49)55(45)52(44)31-37/h1-16,18-33H,17H2. The summed E-state index contributed by atoms with van der Waals surface area (Å²) in [6.07, 6.45) is 5.59. The summed E-state index contributed by atoms with van der Waals surface area (Å²) in [6, 6.07) is 68.6. The van der Waals surface area contributed by atoms with Crippen molar-refractivity contribution in [3.63, 3.8) is 0 Å². The lowest BCUT2D eigenvalue weighted by Gasteiger charge is -2.15. The molecule has 0 fully saturated rings. The number of hydrogen-bond acceptors (Lipinski definition) is 2. The quantitative estimate of drug-likeness (QED) is 0.156. The Morgan fingerprint density at radius 2 is 0.934 bits per heavy atom. The summed E-state index contributed by atoms with van der Waals surface area (Å²) in [7, 11) is 0. The van der Waals surface area contributed by atoms with Crippen LogP contribution in [0.2, 0.25) is 0 Å². The molecule has 0 atom stereocenters. The summed E-state index contributed by atoms with van der Waals surface area (Å²) >= 11 is 3.91. The second-order valence-electron chi connectivity index (χ2n) is 16.6. The molecule has 1 aliphatic rings. The Kier molecular flexibility index (Phi) is 7.02. The van der Waals surface area contributed by atoms with Crippen LogP contribution in [0, 0.1) is 0 Å². The van der Waals surface area contributed by atoms with Crippen molar-refractivity contribution in [2.75, 3.05) is 0 Å². The first kappa shape index (κ1) is 33.7. The van der Waals surface area contributed by atoms with E-state index in [4.69, 9.17) is 0 Å². The van der Waals surface area contributed by atoms with Crippen molar-refractivity contribution in [1.82, 2.24) is 0 Å². The monoisotopic (exact) mass is 806 g/mol. The van der Waals surface area contributed by atoms with Gasteiger partial charge in [0.25, 0.3) is 0 Å². The summed E-state index contributed by atoms with van der Waals surface area (Å²) in [5.41, 5.74) is 10.4. The van der Waals surface area contributed by atoms with Crippen LogP contribution in [0.15, 0.2) is 188 Å². The smallest absolute Gasteiger partial charge is 0.0440 e. The molecule has 0 radical (unpaired) electrons. The number of thiophene rings is 2. The van der Waals surface area contributed by atoms with E-state index in [1.165, 1.54) is 139 Å². The Labute approximate surface area is 359 Å². The Morgan fingerprint density at radius 3 is 1.84 bits per heavy atom. The van der Waals surface area contributed by atoms with Crippen LogP contribution >= 0.6 is 22.7 Å². The van der Waals surface area contributed by atoms with Crippen molar-refractivity contribution < 1.29 is 0 Å². The Hall–Kier alpha value is -7.10. The number of benzene rings is 11. The van der Waals surface area contributed by atoms with E-state index in [1.807, 2.05) is 22.7 Å². The van der Waals surface area contributed by atoms with Crippen LogP contribution in [0.5, 0.6) is 0 Å². The molecule has 14 rings (SSSR count). The topological polar surface area (TPSA) is 0 Å². The molecule has 0 unspecified atom stereocenters. The number of rotatable bonds is 3. The van der Waals surface area contributed by atoms with Crippen LogP contribution in [0.4, 0.5) is 0 Å². The number of allylic oxidation sites excluding steroid dienone is 1. The van der Waals surface area contributed by atoms with E-state index >= 15 is 0 Å². The van der Waals surface area contributed by atoms with Gasteiger partial charge in [-0.1, -0.05) is 176 Å². The molecule has 13 aromatic rings. The van der Waals surface area contributed by atoms with Gasteiger partial charge in [0.05, 0.1) is 0 Å². The lowest BCUT2D eigenvalue weighted by Crippen LogP contribution is -1.92. The summed E-state index contributed by atoms with van der Waals surface area (Å²) in [5, 5.41) is 18.6. The SMILES string of the molecule is C1=Cc2cccc3c2c(cc2c4ccc5c6ccc(-c7cccc8c7sc7c(-c9cccc%10ccccc9%10)cccc78)cc6c6ccc(-c7ccccc7)cc6c5c4sc32)C1. The molecule has 0 amide bonds. The molecular formula is C59H34S2. The van der Waals surface area contributed by atoms with Gasteiger partial charge in [-0.25, -0.2) is 0 Å². The molecule has 0 bridgehead atoms. The van der Waals surface area contributed by atoms with Crippen LogP contribution in [0.25, 0.3) is 134 Å². The van der Waals surface area contributed by atoms with Crippen molar-refractivity contribution in [2.24, 2.45) is 0 Å². The summed E-state index contributed by atoms with van der Waals surface area (Å²) < 4.78 is 5.44. The van der Waals surface area contributed by atoms with Crippen molar-refractivity contribution in [2.45, 2.75) is 6.42 Å². The lowest BCUT2D eigenvalue weighted by atomic mass is 9.89. The molecule has 2 heteroatoms. The molecule has 0 saturated carbocycles. The minimum atomic E-state index is 0.977. The van der Waals surface area contributed by atoms with Crippen molar-refractivity contribution in [3.05, 3.63) is 199 Å². The van der Waals surface area contributed by atoms with Crippen molar-refractivity contribution >= 4 is 123 Å². The molecule has 0 spiro atoms. The molecule has 2 heterocycles. The van der Waals surface area contributed by atoms with Crippen LogP contribution < -0.4 is 0 Å². The van der Waals surface area contributed by atoms with E-state index < -0.39 is 0 Å². The van der Waals surface area contributed by atoms with Gasteiger partial charge in [-0.15, -0.1) is 22.7 Å². The fraction of sp³-hybridized carbons (Fsp3) is 0.0169. The van der Waals surface area contributed by atoms with Gasteiger partial charge in [-0.05, 0) is 107 Å². The first-order valence-corrected chi connectivity index (χ1v) is 22.8. The van der Waals surface area contributed by atoms with Gasteiger partial charge in [0.15, 0.2) is 0 Å². The zero-order chi connectivity index (χ0) is 39.8.